The second kappa shape index (κ2) is 2.89. The summed E-state index contributed by atoms with van der Waals surface area (Å²) in [6, 6.07) is 5.59. The Balaban J connectivity index is 2.57. The van der Waals surface area contributed by atoms with E-state index in [0.29, 0.717) is 6.61 Å². The third-order valence-electron chi connectivity index (χ3n) is 1.74. The molecular weight excluding hydrogens is 307 g/mol. The van der Waals surface area contributed by atoms with Crippen molar-refractivity contribution >= 4 is 43.5 Å². The number of alkyl halides is 2. The Morgan fingerprint density at radius 1 is 1.42 bits per heavy atom. The van der Waals surface area contributed by atoms with Crippen molar-refractivity contribution in [3.05, 3.63) is 28.8 Å². The molecule has 1 aliphatic heterocycles. The molecule has 1 heterocycles. The Morgan fingerprint density at radius 2 is 2.17 bits per heavy atom. The Hall–Kier alpha value is 0.270. The van der Waals surface area contributed by atoms with Crippen LogP contribution in [0, 0.1) is 0 Å². The van der Waals surface area contributed by atoms with E-state index in [0.717, 1.165) is 16.3 Å². The zero-order valence-corrected chi connectivity index (χ0v) is 9.91. The van der Waals surface area contributed by atoms with Gasteiger partial charge in [0.25, 0.3) is 0 Å². The van der Waals surface area contributed by atoms with Crippen LogP contribution in [-0.2, 0) is 3.23 Å². The summed E-state index contributed by atoms with van der Waals surface area (Å²) in [5, 5.41) is 0.725. The molecule has 1 aromatic carbocycles. The van der Waals surface area contributed by atoms with Crippen LogP contribution in [0.2, 0.25) is 5.02 Å². The van der Waals surface area contributed by atoms with Gasteiger partial charge in [-0.3, -0.25) is 0 Å². The second-order valence-corrected chi connectivity index (χ2v) is 6.84. The number of fused-ring (bicyclic) bond motifs is 1. The molecule has 0 saturated carbocycles. The highest BCUT2D eigenvalue weighted by Crippen LogP contribution is 2.48. The van der Waals surface area contributed by atoms with Crippen LogP contribution in [0.5, 0.6) is 5.75 Å². The molecule has 1 aliphatic rings. The van der Waals surface area contributed by atoms with Crippen molar-refractivity contribution in [3.63, 3.8) is 0 Å². The van der Waals surface area contributed by atoms with E-state index in [9.17, 15) is 0 Å². The van der Waals surface area contributed by atoms with Gasteiger partial charge in [0.2, 0.25) is 0 Å². The van der Waals surface area contributed by atoms with Gasteiger partial charge >= 0.3 is 0 Å². The van der Waals surface area contributed by atoms with Gasteiger partial charge in [-0.2, -0.15) is 0 Å². The summed E-state index contributed by atoms with van der Waals surface area (Å²) in [4.78, 5) is 0. The smallest absolute Gasteiger partial charge is 0.143 e. The first-order valence-corrected chi connectivity index (χ1v) is 5.37. The largest absolute Gasteiger partial charge is 0.490 e. The summed E-state index contributed by atoms with van der Waals surface area (Å²) in [6.45, 7) is 0.586. The summed E-state index contributed by atoms with van der Waals surface area (Å²) in [5.41, 5.74) is 1.05. The highest BCUT2D eigenvalue weighted by molar-refractivity contribution is 9.24. The van der Waals surface area contributed by atoms with Crippen LogP contribution in [0.4, 0.5) is 0 Å². The monoisotopic (exact) mass is 310 g/mol. The normalized spacial score (nSPS) is 18.6. The van der Waals surface area contributed by atoms with Gasteiger partial charge in [0, 0.05) is 10.6 Å². The van der Waals surface area contributed by atoms with Crippen molar-refractivity contribution in [3.8, 4) is 5.75 Å². The fourth-order valence-corrected chi connectivity index (χ4v) is 2.18. The molecule has 0 atom stereocenters. The molecule has 64 valence electrons. The number of rotatable bonds is 0. The number of halogens is 3. The maximum absolute atomic E-state index is 5.85. The fraction of sp³-hybridized carbons (Fsp3) is 0.250. The first-order chi connectivity index (χ1) is 5.59. The molecule has 0 radical (unpaired) electrons. The highest BCUT2D eigenvalue weighted by atomic mass is 79.9. The Labute approximate surface area is 92.3 Å². The van der Waals surface area contributed by atoms with Gasteiger partial charge in [0.05, 0.1) is 0 Å². The highest BCUT2D eigenvalue weighted by Gasteiger charge is 2.35. The van der Waals surface area contributed by atoms with Crippen LogP contribution in [0.3, 0.4) is 0 Å². The van der Waals surface area contributed by atoms with E-state index in [1.165, 1.54) is 0 Å². The van der Waals surface area contributed by atoms with Gasteiger partial charge in [-0.1, -0.05) is 43.5 Å². The Morgan fingerprint density at radius 3 is 2.92 bits per heavy atom. The van der Waals surface area contributed by atoms with Gasteiger partial charge in [-0.15, -0.1) is 0 Å². The van der Waals surface area contributed by atoms with E-state index in [1.54, 1.807) is 0 Å². The summed E-state index contributed by atoms with van der Waals surface area (Å²) in [7, 11) is 0. The lowest BCUT2D eigenvalue weighted by Gasteiger charge is -2.09. The maximum Gasteiger partial charge on any atom is 0.143 e. The molecule has 0 fully saturated rings. The SMILES string of the molecule is Clc1ccc2c(c1)C(Br)(Br)CO2. The van der Waals surface area contributed by atoms with Crippen LogP contribution < -0.4 is 4.74 Å². The number of ether oxygens (including phenoxy) is 1. The number of benzene rings is 1. The minimum absolute atomic E-state index is 0.264. The van der Waals surface area contributed by atoms with E-state index in [-0.39, 0.29) is 3.23 Å². The summed E-state index contributed by atoms with van der Waals surface area (Å²) in [5.74, 6) is 0.883. The molecule has 0 unspecified atom stereocenters. The predicted molar refractivity (Wildman–Crippen MR) is 56.5 cm³/mol. The van der Waals surface area contributed by atoms with Crippen molar-refractivity contribution in [1.82, 2.24) is 0 Å². The van der Waals surface area contributed by atoms with E-state index in [1.807, 2.05) is 18.2 Å². The van der Waals surface area contributed by atoms with Gasteiger partial charge < -0.3 is 4.74 Å². The number of hydrogen-bond acceptors (Lipinski definition) is 1. The van der Waals surface area contributed by atoms with E-state index in [2.05, 4.69) is 31.9 Å². The van der Waals surface area contributed by atoms with Crippen LogP contribution >= 0.6 is 43.5 Å². The molecule has 0 amide bonds. The molecule has 4 heteroatoms. The van der Waals surface area contributed by atoms with Gasteiger partial charge in [0.1, 0.15) is 15.6 Å². The van der Waals surface area contributed by atoms with E-state index in [4.69, 9.17) is 16.3 Å². The van der Waals surface area contributed by atoms with E-state index >= 15 is 0 Å². The van der Waals surface area contributed by atoms with Crippen molar-refractivity contribution in [2.45, 2.75) is 3.23 Å². The van der Waals surface area contributed by atoms with Gasteiger partial charge in [-0.25, -0.2) is 0 Å². The first kappa shape index (κ1) is 8.85. The van der Waals surface area contributed by atoms with E-state index < -0.39 is 0 Å². The zero-order chi connectivity index (χ0) is 8.77. The average Bonchev–Trinajstić information content (AvgIpc) is 2.28. The molecule has 0 N–H and O–H groups in total. The third-order valence-corrected chi connectivity index (χ3v) is 3.29. The molecule has 2 rings (SSSR count). The topological polar surface area (TPSA) is 9.23 Å². The van der Waals surface area contributed by atoms with Crippen molar-refractivity contribution < 1.29 is 4.74 Å². The van der Waals surface area contributed by atoms with Gasteiger partial charge in [-0.05, 0) is 18.2 Å². The molecule has 0 bridgehead atoms. The Bertz CT molecular complexity index is 325. The van der Waals surface area contributed by atoms with Gasteiger partial charge in [0.15, 0.2) is 0 Å². The number of hydrogen-bond donors (Lipinski definition) is 0. The molecule has 1 nitrogen and oxygen atoms in total. The van der Waals surface area contributed by atoms with Crippen LogP contribution in [0.1, 0.15) is 5.56 Å². The summed E-state index contributed by atoms with van der Waals surface area (Å²) < 4.78 is 5.15. The Kier molecular flexibility index (Phi) is 2.13. The maximum atomic E-state index is 5.85. The molecule has 0 saturated heterocycles. The van der Waals surface area contributed by atoms with Crippen LogP contribution in [-0.4, -0.2) is 6.61 Å². The molecule has 0 spiro atoms. The molecule has 12 heavy (non-hydrogen) atoms. The van der Waals surface area contributed by atoms with Crippen molar-refractivity contribution in [2.24, 2.45) is 0 Å². The quantitative estimate of drug-likeness (QED) is 0.664. The van der Waals surface area contributed by atoms with Crippen molar-refractivity contribution in [2.75, 3.05) is 6.61 Å². The van der Waals surface area contributed by atoms with Crippen LogP contribution in [0.25, 0.3) is 0 Å². The fourth-order valence-electron chi connectivity index (χ4n) is 1.16. The summed E-state index contributed by atoms with van der Waals surface area (Å²) in [6.07, 6.45) is 0. The average molecular weight is 312 g/mol. The van der Waals surface area contributed by atoms with Crippen LogP contribution in [0.15, 0.2) is 18.2 Å². The molecule has 0 aromatic heterocycles. The third kappa shape index (κ3) is 1.38. The first-order valence-electron chi connectivity index (χ1n) is 3.40. The second-order valence-electron chi connectivity index (χ2n) is 2.63. The minimum atomic E-state index is -0.264. The molecular formula is C8H5Br2ClO. The lowest BCUT2D eigenvalue weighted by Crippen LogP contribution is -2.09. The molecule has 0 aliphatic carbocycles. The lowest BCUT2D eigenvalue weighted by atomic mass is 10.2. The van der Waals surface area contributed by atoms with Crippen molar-refractivity contribution in [1.29, 1.82) is 0 Å². The minimum Gasteiger partial charge on any atom is -0.490 e. The predicted octanol–water partition coefficient (Wildman–Crippen LogP) is 3.68. The zero-order valence-electron chi connectivity index (χ0n) is 5.98. The standard InChI is InChI=1S/C8H5Br2ClO/c9-8(10)4-12-7-2-1-5(11)3-6(7)8/h1-3H,4H2. The molecule has 1 aromatic rings. The summed E-state index contributed by atoms with van der Waals surface area (Å²) >= 11 is 12.9. The lowest BCUT2D eigenvalue weighted by molar-refractivity contribution is 0.350.